The van der Waals surface area contributed by atoms with E-state index in [1.165, 1.54) is 38.5 Å². The summed E-state index contributed by atoms with van der Waals surface area (Å²) in [5.74, 6) is 0.823. The van der Waals surface area contributed by atoms with Crippen molar-refractivity contribution in [1.29, 1.82) is 0 Å². The number of rotatable bonds is 8. The Hall–Kier alpha value is -1.25. The van der Waals surface area contributed by atoms with Crippen LogP contribution in [0.15, 0.2) is 12.3 Å². The minimum atomic E-state index is 0.746. The molecule has 1 aromatic heterocycles. The number of anilines is 2. The molecule has 0 atom stereocenters. The number of unbranched alkanes of at least 4 members (excludes halogenated alkanes) is 5. The average Bonchev–Trinajstić information content (AvgIpc) is 2.30. The second-order valence-corrected chi connectivity index (χ2v) is 4.65. The van der Waals surface area contributed by atoms with Crippen molar-refractivity contribution in [3.8, 4) is 0 Å². The zero-order valence-electron chi connectivity index (χ0n) is 11.1. The standard InChI is InChI=1S/C14H25N3/c1-3-4-5-6-7-8-9-16-14-13(15)10-12(2)11-17-14/h10-11H,3-9,15H2,1-2H3,(H,16,17). The van der Waals surface area contributed by atoms with E-state index in [0.717, 1.165) is 23.6 Å². The summed E-state index contributed by atoms with van der Waals surface area (Å²) in [5.41, 5.74) is 7.73. The fraction of sp³-hybridized carbons (Fsp3) is 0.643. The zero-order valence-corrected chi connectivity index (χ0v) is 11.1. The number of hydrogen-bond donors (Lipinski definition) is 2. The largest absolute Gasteiger partial charge is 0.396 e. The van der Waals surface area contributed by atoms with Crippen LogP contribution in [-0.4, -0.2) is 11.5 Å². The van der Waals surface area contributed by atoms with E-state index in [1.807, 2.05) is 19.2 Å². The van der Waals surface area contributed by atoms with Crippen molar-refractivity contribution in [2.45, 2.75) is 52.4 Å². The van der Waals surface area contributed by atoms with Gasteiger partial charge in [-0.25, -0.2) is 4.98 Å². The van der Waals surface area contributed by atoms with Gasteiger partial charge in [-0.05, 0) is 25.0 Å². The normalized spacial score (nSPS) is 10.5. The van der Waals surface area contributed by atoms with Gasteiger partial charge in [0.1, 0.15) is 5.82 Å². The minimum Gasteiger partial charge on any atom is -0.396 e. The predicted molar refractivity (Wildman–Crippen MR) is 75.3 cm³/mol. The van der Waals surface area contributed by atoms with Gasteiger partial charge in [0, 0.05) is 12.7 Å². The number of hydrogen-bond acceptors (Lipinski definition) is 3. The van der Waals surface area contributed by atoms with Crippen molar-refractivity contribution in [3.63, 3.8) is 0 Å². The SMILES string of the molecule is CCCCCCCCNc1ncc(C)cc1N. The summed E-state index contributed by atoms with van der Waals surface area (Å²) in [4.78, 5) is 4.29. The van der Waals surface area contributed by atoms with Gasteiger partial charge in [-0.15, -0.1) is 0 Å². The zero-order chi connectivity index (χ0) is 12.5. The Balaban J connectivity index is 2.14. The van der Waals surface area contributed by atoms with Crippen LogP contribution in [0.1, 0.15) is 51.0 Å². The van der Waals surface area contributed by atoms with Gasteiger partial charge in [-0.1, -0.05) is 39.0 Å². The molecule has 1 rings (SSSR count). The molecule has 96 valence electrons. The third kappa shape index (κ3) is 5.57. The molecule has 0 aromatic carbocycles. The fourth-order valence-electron chi connectivity index (χ4n) is 1.85. The maximum atomic E-state index is 5.88. The molecule has 0 unspecified atom stereocenters. The van der Waals surface area contributed by atoms with Gasteiger partial charge in [-0.3, -0.25) is 0 Å². The number of nitrogens with two attached hydrogens (primary N) is 1. The van der Waals surface area contributed by atoms with Crippen LogP contribution in [0.5, 0.6) is 0 Å². The first-order chi connectivity index (χ1) is 8.24. The van der Waals surface area contributed by atoms with Crippen LogP contribution < -0.4 is 11.1 Å². The highest BCUT2D eigenvalue weighted by atomic mass is 15.0. The second-order valence-electron chi connectivity index (χ2n) is 4.65. The number of nitrogens with zero attached hydrogens (tertiary/aromatic N) is 1. The van der Waals surface area contributed by atoms with Gasteiger partial charge in [0.05, 0.1) is 5.69 Å². The molecule has 17 heavy (non-hydrogen) atoms. The van der Waals surface area contributed by atoms with Crippen LogP contribution in [0.4, 0.5) is 11.5 Å². The van der Waals surface area contributed by atoms with E-state index in [9.17, 15) is 0 Å². The van der Waals surface area contributed by atoms with E-state index in [4.69, 9.17) is 5.73 Å². The maximum Gasteiger partial charge on any atom is 0.149 e. The summed E-state index contributed by atoms with van der Waals surface area (Å²) in [5, 5.41) is 3.29. The average molecular weight is 235 g/mol. The highest BCUT2D eigenvalue weighted by molar-refractivity contribution is 5.61. The molecule has 0 aliphatic heterocycles. The van der Waals surface area contributed by atoms with Crippen molar-refractivity contribution >= 4 is 11.5 Å². The highest BCUT2D eigenvalue weighted by Crippen LogP contribution is 2.15. The van der Waals surface area contributed by atoms with E-state index in [-0.39, 0.29) is 0 Å². The number of pyridine rings is 1. The number of aromatic nitrogens is 1. The van der Waals surface area contributed by atoms with Crippen molar-refractivity contribution in [2.24, 2.45) is 0 Å². The van der Waals surface area contributed by atoms with Gasteiger partial charge in [0.25, 0.3) is 0 Å². The molecule has 1 heterocycles. The summed E-state index contributed by atoms with van der Waals surface area (Å²) in [6.07, 6.45) is 9.70. The van der Waals surface area contributed by atoms with Crippen LogP contribution >= 0.6 is 0 Å². The van der Waals surface area contributed by atoms with Crippen LogP contribution in [0, 0.1) is 6.92 Å². The van der Waals surface area contributed by atoms with Crippen LogP contribution in [0.25, 0.3) is 0 Å². The third-order valence-electron chi connectivity index (χ3n) is 2.88. The molecule has 0 saturated carbocycles. The lowest BCUT2D eigenvalue weighted by Crippen LogP contribution is -2.06. The Morgan fingerprint density at radius 1 is 1.18 bits per heavy atom. The minimum absolute atomic E-state index is 0.746. The molecule has 0 spiro atoms. The lowest BCUT2D eigenvalue weighted by atomic mass is 10.1. The quantitative estimate of drug-likeness (QED) is 0.675. The lowest BCUT2D eigenvalue weighted by molar-refractivity contribution is 0.617. The van der Waals surface area contributed by atoms with E-state index in [2.05, 4.69) is 17.2 Å². The fourth-order valence-corrected chi connectivity index (χ4v) is 1.85. The molecule has 0 aliphatic carbocycles. The maximum absolute atomic E-state index is 5.88. The highest BCUT2D eigenvalue weighted by Gasteiger charge is 1.99. The molecule has 0 fully saturated rings. The van der Waals surface area contributed by atoms with Crippen LogP contribution in [0.3, 0.4) is 0 Å². The summed E-state index contributed by atoms with van der Waals surface area (Å²) in [6.45, 7) is 5.21. The van der Waals surface area contributed by atoms with Gasteiger partial charge < -0.3 is 11.1 Å². The third-order valence-corrected chi connectivity index (χ3v) is 2.88. The second kappa shape index (κ2) is 7.93. The van der Waals surface area contributed by atoms with Crippen LogP contribution in [-0.2, 0) is 0 Å². The van der Waals surface area contributed by atoms with E-state index in [0.29, 0.717) is 0 Å². The summed E-state index contributed by atoms with van der Waals surface area (Å²) < 4.78 is 0. The number of nitrogen functional groups attached to an aromatic ring is 1. The van der Waals surface area contributed by atoms with Gasteiger partial charge in [-0.2, -0.15) is 0 Å². The lowest BCUT2D eigenvalue weighted by Gasteiger charge is -2.08. The number of aryl methyl sites for hydroxylation is 1. The summed E-state index contributed by atoms with van der Waals surface area (Å²) >= 11 is 0. The molecule has 3 nitrogen and oxygen atoms in total. The molecule has 0 saturated heterocycles. The Labute approximate surface area is 105 Å². The van der Waals surface area contributed by atoms with Crippen LogP contribution in [0.2, 0.25) is 0 Å². The molecule has 3 N–H and O–H groups in total. The van der Waals surface area contributed by atoms with Crippen molar-refractivity contribution < 1.29 is 0 Å². The molecule has 0 bridgehead atoms. The van der Waals surface area contributed by atoms with Crippen molar-refractivity contribution in [1.82, 2.24) is 4.98 Å². The Morgan fingerprint density at radius 3 is 2.59 bits per heavy atom. The Morgan fingerprint density at radius 2 is 1.88 bits per heavy atom. The topological polar surface area (TPSA) is 50.9 Å². The first kappa shape index (κ1) is 13.8. The van der Waals surface area contributed by atoms with Crippen molar-refractivity contribution in [2.75, 3.05) is 17.6 Å². The van der Waals surface area contributed by atoms with E-state index < -0.39 is 0 Å². The monoisotopic (exact) mass is 235 g/mol. The Kier molecular flexibility index (Phi) is 6.45. The van der Waals surface area contributed by atoms with Crippen molar-refractivity contribution in [3.05, 3.63) is 17.8 Å². The first-order valence-corrected chi connectivity index (χ1v) is 6.70. The summed E-state index contributed by atoms with van der Waals surface area (Å²) in [6, 6.07) is 1.95. The van der Waals surface area contributed by atoms with E-state index in [1.54, 1.807) is 0 Å². The molecule has 0 aliphatic rings. The molecular weight excluding hydrogens is 210 g/mol. The van der Waals surface area contributed by atoms with Gasteiger partial charge in [0.15, 0.2) is 0 Å². The molecule has 0 amide bonds. The van der Waals surface area contributed by atoms with E-state index >= 15 is 0 Å². The first-order valence-electron chi connectivity index (χ1n) is 6.70. The predicted octanol–water partition coefficient (Wildman–Crippen LogP) is 3.74. The molecule has 1 aromatic rings. The Bertz CT molecular complexity index is 323. The van der Waals surface area contributed by atoms with Gasteiger partial charge in [0.2, 0.25) is 0 Å². The molecular formula is C14H25N3. The molecule has 0 radical (unpaired) electrons. The smallest absolute Gasteiger partial charge is 0.149 e. The summed E-state index contributed by atoms with van der Waals surface area (Å²) in [7, 11) is 0. The number of nitrogens with one attached hydrogen (secondary N) is 1. The van der Waals surface area contributed by atoms with Gasteiger partial charge >= 0.3 is 0 Å². The molecule has 3 heteroatoms.